The molecule has 6 heteroatoms. The van der Waals surface area contributed by atoms with Gasteiger partial charge in [0, 0.05) is 12.5 Å². The number of halogens is 2. The summed E-state index contributed by atoms with van der Waals surface area (Å²) < 4.78 is 26.3. The number of carbonyl (C=O) groups is 2. The summed E-state index contributed by atoms with van der Waals surface area (Å²) in [5.41, 5.74) is 0.166. The first-order chi connectivity index (χ1) is 10.8. The van der Waals surface area contributed by atoms with E-state index in [0.29, 0.717) is 12.0 Å². The van der Waals surface area contributed by atoms with Gasteiger partial charge in [0.25, 0.3) is 0 Å². The van der Waals surface area contributed by atoms with Crippen LogP contribution in [-0.4, -0.2) is 23.0 Å². The number of nitrogens with one attached hydrogen (secondary N) is 1. The van der Waals surface area contributed by atoms with Gasteiger partial charge in [-0.3, -0.25) is 4.79 Å². The Kier molecular flexibility index (Phi) is 7.38. The third-order valence-corrected chi connectivity index (χ3v) is 3.48. The summed E-state index contributed by atoms with van der Waals surface area (Å²) in [4.78, 5) is 23.0. The Bertz CT molecular complexity index is 567. The van der Waals surface area contributed by atoms with E-state index >= 15 is 0 Å². The smallest absolute Gasteiger partial charge is 0.326 e. The average Bonchev–Trinajstić information content (AvgIpc) is 2.45. The van der Waals surface area contributed by atoms with E-state index in [-0.39, 0.29) is 12.0 Å². The van der Waals surface area contributed by atoms with Crippen molar-refractivity contribution < 1.29 is 23.5 Å². The standard InChI is InChI=1S/C17H21F2NO3/c1-3-11(2)5-4-6-16(21)20-15(17(22)23)9-12-7-13(18)10-14(19)8-12/h4,6-8,10-11,15H,3,5,9H2,1-2H3,(H,20,21)(H,22,23)/b6-4+/t11?,15-/m0/s1. The van der Waals surface area contributed by atoms with E-state index in [9.17, 15) is 18.4 Å². The lowest BCUT2D eigenvalue weighted by atomic mass is 10.0. The van der Waals surface area contributed by atoms with Gasteiger partial charge in [-0.2, -0.15) is 0 Å². The zero-order chi connectivity index (χ0) is 17.4. The lowest BCUT2D eigenvalue weighted by Gasteiger charge is -2.13. The van der Waals surface area contributed by atoms with Gasteiger partial charge < -0.3 is 10.4 Å². The molecule has 1 rings (SSSR count). The Balaban J connectivity index is 2.68. The van der Waals surface area contributed by atoms with Gasteiger partial charge >= 0.3 is 5.97 Å². The van der Waals surface area contributed by atoms with Gasteiger partial charge in [-0.15, -0.1) is 0 Å². The predicted octanol–water partition coefficient (Wildman–Crippen LogP) is 3.07. The summed E-state index contributed by atoms with van der Waals surface area (Å²) in [5.74, 6) is -2.95. The number of benzene rings is 1. The summed E-state index contributed by atoms with van der Waals surface area (Å²) in [6, 6.07) is 1.54. The van der Waals surface area contributed by atoms with Crippen molar-refractivity contribution in [3.63, 3.8) is 0 Å². The molecule has 0 aliphatic heterocycles. The third kappa shape index (κ3) is 7.04. The summed E-state index contributed by atoms with van der Waals surface area (Å²) >= 11 is 0. The summed E-state index contributed by atoms with van der Waals surface area (Å²) in [6.07, 6.45) is 4.47. The Morgan fingerprint density at radius 1 is 1.26 bits per heavy atom. The van der Waals surface area contributed by atoms with E-state index in [2.05, 4.69) is 5.32 Å². The fraction of sp³-hybridized carbons (Fsp3) is 0.412. The number of carboxylic acids is 1. The molecule has 23 heavy (non-hydrogen) atoms. The summed E-state index contributed by atoms with van der Waals surface area (Å²) in [5, 5.41) is 11.5. The van der Waals surface area contributed by atoms with Gasteiger partial charge in [0.2, 0.25) is 5.91 Å². The largest absolute Gasteiger partial charge is 0.480 e. The van der Waals surface area contributed by atoms with Gasteiger partial charge in [0.05, 0.1) is 0 Å². The molecule has 1 aromatic carbocycles. The molecule has 1 aromatic rings. The lowest BCUT2D eigenvalue weighted by Crippen LogP contribution is -2.41. The highest BCUT2D eigenvalue weighted by Crippen LogP contribution is 2.11. The molecule has 0 bridgehead atoms. The topological polar surface area (TPSA) is 66.4 Å². The maximum absolute atomic E-state index is 13.1. The maximum Gasteiger partial charge on any atom is 0.326 e. The third-order valence-electron chi connectivity index (χ3n) is 3.48. The van der Waals surface area contributed by atoms with Gasteiger partial charge in [0.1, 0.15) is 17.7 Å². The number of hydrogen-bond acceptors (Lipinski definition) is 2. The number of carboxylic acid groups (broad SMARTS) is 1. The van der Waals surface area contributed by atoms with Crippen LogP contribution in [0.1, 0.15) is 32.3 Å². The molecule has 0 radical (unpaired) electrons. The molecule has 126 valence electrons. The van der Waals surface area contributed by atoms with Crippen LogP contribution in [0.5, 0.6) is 0 Å². The molecular formula is C17H21F2NO3. The quantitative estimate of drug-likeness (QED) is 0.722. The number of aliphatic carboxylic acids is 1. The Hall–Kier alpha value is -2.24. The number of amides is 1. The van der Waals surface area contributed by atoms with Crippen LogP contribution in [0.3, 0.4) is 0 Å². The van der Waals surface area contributed by atoms with Crippen molar-refractivity contribution >= 4 is 11.9 Å². The molecular weight excluding hydrogens is 304 g/mol. The molecule has 0 aliphatic rings. The molecule has 2 atom stereocenters. The average molecular weight is 325 g/mol. The van der Waals surface area contributed by atoms with Crippen LogP contribution in [-0.2, 0) is 16.0 Å². The van der Waals surface area contributed by atoms with Crippen LogP contribution in [0.2, 0.25) is 0 Å². The Morgan fingerprint density at radius 3 is 2.39 bits per heavy atom. The van der Waals surface area contributed by atoms with Crippen molar-refractivity contribution in [2.45, 2.75) is 39.2 Å². The summed E-state index contributed by atoms with van der Waals surface area (Å²) in [7, 11) is 0. The zero-order valence-electron chi connectivity index (χ0n) is 13.2. The second-order valence-electron chi connectivity index (χ2n) is 5.53. The minimum atomic E-state index is -1.27. The van der Waals surface area contributed by atoms with E-state index in [1.165, 1.54) is 6.08 Å². The molecule has 4 nitrogen and oxygen atoms in total. The molecule has 1 unspecified atom stereocenters. The van der Waals surface area contributed by atoms with E-state index in [1.54, 1.807) is 6.08 Å². The van der Waals surface area contributed by atoms with E-state index in [0.717, 1.165) is 25.0 Å². The first-order valence-corrected chi connectivity index (χ1v) is 7.46. The van der Waals surface area contributed by atoms with Crippen molar-refractivity contribution in [2.24, 2.45) is 5.92 Å². The molecule has 0 saturated heterocycles. The molecule has 0 aliphatic carbocycles. The van der Waals surface area contributed by atoms with E-state index in [1.807, 2.05) is 13.8 Å². The highest BCUT2D eigenvalue weighted by atomic mass is 19.1. The predicted molar refractivity (Wildman–Crippen MR) is 82.8 cm³/mol. The van der Waals surface area contributed by atoms with Gasteiger partial charge in [0.15, 0.2) is 0 Å². The SMILES string of the molecule is CCC(C)C/C=C/C(=O)N[C@@H](Cc1cc(F)cc(F)c1)C(=O)O. The molecule has 0 fully saturated rings. The van der Waals surface area contributed by atoms with Gasteiger partial charge in [-0.1, -0.05) is 26.3 Å². The second kappa shape index (κ2) is 9.02. The van der Waals surface area contributed by atoms with Crippen molar-refractivity contribution in [2.75, 3.05) is 0 Å². The van der Waals surface area contributed by atoms with Crippen LogP contribution in [0.25, 0.3) is 0 Å². The fourth-order valence-electron chi connectivity index (χ4n) is 1.96. The molecule has 2 N–H and O–H groups in total. The highest BCUT2D eigenvalue weighted by Gasteiger charge is 2.20. The molecule has 0 spiro atoms. The normalized spacial score (nSPS) is 13.7. The number of rotatable bonds is 8. The molecule has 0 aromatic heterocycles. The first-order valence-electron chi connectivity index (χ1n) is 7.46. The number of hydrogen-bond donors (Lipinski definition) is 2. The molecule has 0 heterocycles. The van der Waals surface area contributed by atoms with Crippen LogP contribution in [0, 0.1) is 17.6 Å². The Labute approximate surface area is 134 Å². The van der Waals surface area contributed by atoms with Gasteiger partial charge in [-0.25, -0.2) is 13.6 Å². The maximum atomic E-state index is 13.1. The van der Waals surface area contributed by atoms with Crippen molar-refractivity contribution in [3.05, 3.63) is 47.5 Å². The van der Waals surface area contributed by atoms with E-state index in [4.69, 9.17) is 5.11 Å². The fourth-order valence-corrected chi connectivity index (χ4v) is 1.96. The lowest BCUT2D eigenvalue weighted by molar-refractivity contribution is -0.141. The van der Waals surface area contributed by atoms with Gasteiger partial charge in [-0.05, 0) is 36.1 Å². The molecule has 0 saturated carbocycles. The second-order valence-corrected chi connectivity index (χ2v) is 5.53. The number of carbonyl (C=O) groups excluding carboxylic acids is 1. The summed E-state index contributed by atoms with van der Waals surface area (Å²) in [6.45, 7) is 4.08. The van der Waals surface area contributed by atoms with Crippen molar-refractivity contribution in [1.29, 1.82) is 0 Å². The van der Waals surface area contributed by atoms with Crippen LogP contribution in [0.4, 0.5) is 8.78 Å². The minimum absolute atomic E-state index is 0.166. The zero-order valence-corrected chi connectivity index (χ0v) is 13.2. The van der Waals surface area contributed by atoms with Crippen LogP contribution < -0.4 is 5.32 Å². The van der Waals surface area contributed by atoms with Crippen LogP contribution in [0.15, 0.2) is 30.4 Å². The van der Waals surface area contributed by atoms with Crippen molar-refractivity contribution in [3.8, 4) is 0 Å². The first kappa shape index (κ1) is 18.8. The highest BCUT2D eigenvalue weighted by molar-refractivity contribution is 5.91. The molecule has 1 amide bonds. The van der Waals surface area contributed by atoms with Crippen molar-refractivity contribution in [1.82, 2.24) is 5.32 Å². The van der Waals surface area contributed by atoms with Crippen LogP contribution >= 0.6 is 0 Å². The monoisotopic (exact) mass is 325 g/mol. The minimum Gasteiger partial charge on any atom is -0.480 e. The Morgan fingerprint density at radius 2 is 1.87 bits per heavy atom. The van der Waals surface area contributed by atoms with E-state index < -0.39 is 29.6 Å². The number of allylic oxidation sites excluding steroid dienone is 1.